The third-order valence-corrected chi connectivity index (χ3v) is 4.51. The molecule has 1 aliphatic rings. The molecule has 132 valence electrons. The second kappa shape index (κ2) is 8.06. The molecule has 4 heteroatoms. The van der Waals surface area contributed by atoms with Crippen molar-refractivity contribution >= 4 is 11.6 Å². The van der Waals surface area contributed by atoms with Crippen molar-refractivity contribution in [2.24, 2.45) is 0 Å². The molecule has 1 amide bonds. The fraction of sp³-hybridized carbons (Fsp3) is 0.381. The van der Waals surface area contributed by atoms with Gasteiger partial charge < -0.3 is 14.8 Å². The zero-order valence-corrected chi connectivity index (χ0v) is 14.9. The molecule has 2 aromatic rings. The molecular formula is C21H25NO3. The van der Waals surface area contributed by atoms with Crippen LogP contribution in [0.5, 0.6) is 11.5 Å². The lowest BCUT2D eigenvalue weighted by Crippen LogP contribution is -2.16. The van der Waals surface area contributed by atoms with Gasteiger partial charge in [-0.15, -0.1) is 0 Å². The third-order valence-electron chi connectivity index (χ3n) is 4.51. The number of nitrogens with one attached hydrogen (secondary N) is 1. The number of amides is 1. The van der Waals surface area contributed by atoms with Gasteiger partial charge in [-0.25, -0.2) is 0 Å². The number of anilines is 1. The maximum atomic E-state index is 12.4. The van der Waals surface area contributed by atoms with E-state index in [9.17, 15) is 4.79 Å². The fourth-order valence-electron chi connectivity index (χ4n) is 3.11. The number of para-hydroxylation sites is 1. The predicted molar refractivity (Wildman–Crippen MR) is 99.6 cm³/mol. The summed E-state index contributed by atoms with van der Waals surface area (Å²) in [5, 5.41) is 3.12. The Morgan fingerprint density at radius 1 is 1.00 bits per heavy atom. The van der Waals surface area contributed by atoms with Crippen molar-refractivity contribution in [2.45, 2.75) is 39.5 Å². The van der Waals surface area contributed by atoms with Crippen LogP contribution in [-0.2, 0) is 24.1 Å². The van der Waals surface area contributed by atoms with Gasteiger partial charge in [-0.05, 0) is 48.1 Å². The van der Waals surface area contributed by atoms with E-state index >= 15 is 0 Å². The molecule has 0 aliphatic carbocycles. The Labute approximate surface area is 149 Å². The smallest absolute Gasteiger partial charge is 0.224 e. The lowest BCUT2D eigenvalue weighted by molar-refractivity contribution is -0.116. The molecule has 1 aliphatic heterocycles. The average molecular weight is 339 g/mol. The van der Waals surface area contributed by atoms with Crippen LogP contribution in [-0.4, -0.2) is 19.1 Å². The molecule has 0 bridgehead atoms. The van der Waals surface area contributed by atoms with Crippen LogP contribution in [0.1, 0.15) is 37.0 Å². The first-order valence-corrected chi connectivity index (χ1v) is 9.00. The van der Waals surface area contributed by atoms with Crippen molar-refractivity contribution in [1.82, 2.24) is 0 Å². The van der Waals surface area contributed by atoms with E-state index in [0.29, 0.717) is 26.1 Å². The molecule has 4 nitrogen and oxygen atoms in total. The minimum atomic E-state index is 0.0467. The van der Waals surface area contributed by atoms with Crippen LogP contribution in [0.3, 0.4) is 0 Å². The molecule has 0 radical (unpaired) electrons. The second-order valence-electron chi connectivity index (χ2n) is 6.18. The van der Waals surface area contributed by atoms with Gasteiger partial charge in [-0.3, -0.25) is 4.79 Å². The molecule has 3 rings (SSSR count). The molecule has 25 heavy (non-hydrogen) atoms. The number of carbonyl (C=O) groups excluding carboxylic acids is 1. The summed E-state index contributed by atoms with van der Waals surface area (Å²) < 4.78 is 11.1. The summed E-state index contributed by atoms with van der Waals surface area (Å²) in [5.41, 5.74) is 4.44. The normalized spacial score (nSPS) is 12.7. The number of benzene rings is 2. The van der Waals surface area contributed by atoms with Crippen LogP contribution in [0.2, 0.25) is 0 Å². The summed E-state index contributed by atoms with van der Waals surface area (Å²) >= 11 is 0. The van der Waals surface area contributed by atoms with Gasteiger partial charge in [0.2, 0.25) is 5.91 Å². The van der Waals surface area contributed by atoms with Gasteiger partial charge in [-0.2, -0.15) is 0 Å². The van der Waals surface area contributed by atoms with Gasteiger partial charge in [0.1, 0.15) is 13.2 Å². The summed E-state index contributed by atoms with van der Waals surface area (Å²) in [6.45, 7) is 5.38. The van der Waals surface area contributed by atoms with E-state index < -0.39 is 0 Å². The van der Waals surface area contributed by atoms with Gasteiger partial charge in [0, 0.05) is 12.1 Å². The zero-order valence-electron chi connectivity index (χ0n) is 14.9. The molecule has 0 saturated carbocycles. The summed E-state index contributed by atoms with van der Waals surface area (Å²) in [7, 11) is 0. The Hall–Kier alpha value is -2.49. The van der Waals surface area contributed by atoms with E-state index in [2.05, 4.69) is 37.4 Å². The van der Waals surface area contributed by atoms with Crippen LogP contribution < -0.4 is 14.8 Å². The highest BCUT2D eigenvalue weighted by Gasteiger charge is 2.13. The number of hydrogen-bond acceptors (Lipinski definition) is 3. The van der Waals surface area contributed by atoms with Crippen molar-refractivity contribution in [3.8, 4) is 11.5 Å². The van der Waals surface area contributed by atoms with Gasteiger partial charge in [0.15, 0.2) is 11.5 Å². The second-order valence-corrected chi connectivity index (χ2v) is 6.18. The molecule has 0 saturated heterocycles. The first-order chi connectivity index (χ1) is 12.2. The standard InChI is InChI=1S/C21H25NO3/c1-3-16-6-5-7-17(4-2)21(16)22-20(23)11-9-15-8-10-18-19(14-15)25-13-12-24-18/h5-8,10,14H,3-4,9,11-13H2,1-2H3,(H,22,23). The van der Waals surface area contributed by atoms with Crippen LogP contribution >= 0.6 is 0 Å². The van der Waals surface area contributed by atoms with Gasteiger partial charge in [0.05, 0.1) is 0 Å². The molecule has 0 aromatic heterocycles. The Morgan fingerprint density at radius 3 is 2.36 bits per heavy atom. The number of rotatable bonds is 6. The minimum absolute atomic E-state index is 0.0467. The first-order valence-electron chi connectivity index (χ1n) is 9.00. The fourth-order valence-corrected chi connectivity index (χ4v) is 3.11. The number of aryl methyl sites for hydroxylation is 3. The number of fused-ring (bicyclic) bond motifs is 1. The monoisotopic (exact) mass is 339 g/mol. The molecule has 0 fully saturated rings. The summed E-state index contributed by atoms with van der Waals surface area (Å²) in [6, 6.07) is 12.1. The van der Waals surface area contributed by atoms with Crippen LogP contribution in [0.25, 0.3) is 0 Å². The molecular weight excluding hydrogens is 314 g/mol. The maximum absolute atomic E-state index is 12.4. The number of carbonyl (C=O) groups is 1. The first kappa shape index (κ1) is 17.3. The van der Waals surface area contributed by atoms with Gasteiger partial charge in [-0.1, -0.05) is 38.1 Å². The maximum Gasteiger partial charge on any atom is 0.224 e. The molecule has 1 heterocycles. The van der Waals surface area contributed by atoms with Crippen molar-refractivity contribution < 1.29 is 14.3 Å². The largest absolute Gasteiger partial charge is 0.486 e. The van der Waals surface area contributed by atoms with Crippen LogP contribution in [0.4, 0.5) is 5.69 Å². The summed E-state index contributed by atoms with van der Waals surface area (Å²) in [6.07, 6.45) is 2.94. The molecule has 0 unspecified atom stereocenters. The van der Waals surface area contributed by atoms with Crippen molar-refractivity contribution in [2.75, 3.05) is 18.5 Å². The molecule has 1 N–H and O–H groups in total. The summed E-state index contributed by atoms with van der Waals surface area (Å²) in [4.78, 5) is 12.4. The average Bonchev–Trinajstić information content (AvgIpc) is 2.66. The Morgan fingerprint density at radius 2 is 1.68 bits per heavy atom. The van der Waals surface area contributed by atoms with Crippen LogP contribution in [0, 0.1) is 0 Å². The van der Waals surface area contributed by atoms with Crippen molar-refractivity contribution in [1.29, 1.82) is 0 Å². The molecule has 0 atom stereocenters. The van der Waals surface area contributed by atoms with Gasteiger partial charge >= 0.3 is 0 Å². The quantitative estimate of drug-likeness (QED) is 0.860. The van der Waals surface area contributed by atoms with E-state index in [4.69, 9.17) is 9.47 Å². The highest BCUT2D eigenvalue weighted by molar-refractivity contribution is 5.92. The van der Waals surface area contributed by atoms with E-state index in [1.165, 1.54) is 11.1 Å². The topological polar surface area (TPSA) is 47.6 Å². The Balaban J connectivity index is 1.64. The highest BCUT2D eigenvalue weighted by Crippen LogP contribution is 2.31. The highest BCUT2D eigenvalue weighted by atomic mass is 16.6. The van der Waals surface area contributed by atoms with Crippen LogP contribution in [0.15, 0.2) is 36.4 Å². The SMILES string of the molecule is CCc1cccc(CC)c1NC(=O)CCc1ccc2c(c1)OCCO2. The van der Waals surface area contributed by atoms with E-state index in [0.717, 1.165) is 35.6 Å². The Bertz CT molecular complexity index is 733. The lowest BCUT2D eigenvalue weighted by atomic mass is 10.0. The van der Waals surface area contributed by atoms with Crippen molar-refractivity contribution in [3.63, 3.8) is 0 Å². The zero-order chi connectivity index (χ0) is 17.6. The van der Waals surface area contributed by atoms with E-state index in [1.54, 1.807) is 0 Å². The molecule has 0 spiro atoms. The lowest BCUT2D eigenvalue weighted by Gasteiger charge is -2.19. The van der Waals surface area contributed by atoms with Crippen molar-refractivity contribution in [3.05, 3.63) is 53.1 Å². The molecule has 2 aromatic carbocycles. The predicted octanol–water partition coefficient (Wildman–Crippen LogP) is 4.15. The summed E-state index contributed by atoms with van der Waals surface area (Å²) in [5.74, 6) is 1.60. The number of hydrogen-bond donors (Lipinski definition) is 1. The Kier molecular flexibility index (Phi) is 5.59. The third kappa shape index (κ3) is 4.13. The van der Waals surface area contributed by atoms with E-state index in [-0.39, 0.29) is 5.91 Å². The van der Waals surface area contributed by atoms with E-state index in [1.807, 2.05) is 18.2 Å². The van der Waals surface area contributed by atoms with Gasteiger partial charge in [0.25, 0.3) is 0 Å². The number of ether oxygens (including phenoxy) is 2. The minimum Gasteiger partial charge on any atom is -0.486 e.